The molecule has 0 radical (unpaired) electrons. The zero-order chi connectivity index (χ0) is 14.7. The van der Waals surface area contributed by atoms with E-state index in [2.05, 4.69) is 40.6 Å². The van der Waals surface area contributed by atoms with Crippen LogP contribution in [0.1, 0.15) is 19.8 Å². The lowest BCUT2D eigenvalue weighted by atomic mass is 10.1. The lowest BCUT2D eigenvalue weighted by Crippen LogP contribution is -2.10. The van der Waals surface area contributed by atoms with E-state index in [-0.39, 0.29) is 5.91 Å². The summed E-state index contributed by atoms with van der Waals surface area (Å²) in [6.07, 6.45) is 1.37. The third-order valence-electron chi connectivity index (χ3n) is 3.27. The third kappa shape index (κ3) is 3.11. The van der Waals surface area contributed by atoms with Crippen LogP contribution < -0.4 is 5.32 Å². The number of aromatic nitrogens is 1. The van der Waals surface area contributed by atoms with Gasteiger partial charge in [0.05, 0.1) is 5.69 Å². The highest BCUT2D eigenvalue weighted by molar-refractivity contribution is 7.14. The Morgan fingerprint density at radius 2 is 2.00 bits per heavy atom. The Labute approximate surface area is 127 Å². The molecule has 0 aliphatic carbocycles. The number of benzene rings is 2. The van der Waals surface area contributed by atoms with E-state index in [4.69, 9.17) is 0 Å². The van der Waals surface area contributed by atoms with Gasteiger partial charge in [0.1, 0.15) is 0 Å². The lowest BCUT2D eigenvalue weighted by molar-refractivity contribution is -0.116. The van der Waals surface area contributed by atoms with E-state index >= 15 is 0 Å². The Balaban J connectivity index is 1.85. The Morgan fingerprint density at radius 3 is 2.81 bits per heavy atom. The van der Waals surface area contributed by atoms with Gasteiger partial charge in [-0.05, 0) is 23.3 Å². The molecule has 2 aromatic carbocycles. The van der Waals surface area contributed by atoms with Gasteiger partial charge in [-0.1, -0.05) is 43.3 Å². The largest absolute Gasteiger partial charge is 0.302 e. The second-order valence-corrected chi connectivity index (χ2v) is 5.76. The predicted octanol–water partition coefficient (Wildman–Crippen LogP) is 4.70. The van der Waals surface area contributed by atoms with Crippen molar-refractivity contribution in [3.05, 3.63) is 47.8 Å². The van der Waals surface area contributed by atoms with Crippen LogP contribution in [0.3, 0.4) is 0 Å². The van der Waals surface area contributed by atoms with Crippen molar-refractivity contribution in [3.63, 3.8) is 0 Å². The van der Waals surface area contributed by atoms with Gasteiger partial charge in [0.15, 0.2) is 5.13 Å². The first-order valence-corrected chi connectivity index (χ1v) is 7.89. The first-order valence-electron chi connectivity index (χ1n) is 7.01. The van der Waals surface area contributed by atoms with Gasteiger partial charge >= 0.3 is 0 Å². The molecule has 4 heteroatoms. The molecule has 21 heavy (non-hydrogen) atoms. The van der Waals surface area contributed by atoms with Crippen LogP contribution >= 0.6 is 11.3 Å². The molecule has 1 amide bonds. The van der Waals surface area contributed by atoms with Crippen molar-refractivity contribution in [1.82, 2.24) is 4.98 Å². The second kappa shape index (κ2) is 6.06. The maximum absolute atomic E-state index is 11.6. The number of hydrogen-bond donors (Lipinski definition) is 1. The van der Waals surface area contributed by atoms with Crippen LogP contribution in [0.5, 0.6) is 0 Å². The Hall–Kier alpha value is -2.20. The lowest BCUT2D eigenvalue weighted by Gasteiger charge is -2.01. The fraction of sp³-hybridized carbons (Fsp3) is 0.176. The minimum atomic E-state index is 0.0249. The Bertz CT molecular complexity index is 779. The maximum Gasteiger partial charge on any atom is 0.226 e. The van der Waals surface area contributed by atoms with E-state index in [1.54, 1.807) is 0 Å². The molecule has 3 aromatic rings. The molecule has 0 saturated carbocycles. The normalized spacial score (nSPS) is 10.7. The summed E-state index contributed by atoms with van der Waals surface area (Å²) >= 11 is 1.46. The summed E-state index contributed by atoms with van der Waals surface area (Å²) in [5.74, 6) is 0.0249. The predicted molar refractivity (Wildman–Crippen MR) is 88.6 cm³/mol. The standard InChI is InChI=1S/C17H16N2OS/c1-2-5-16(20)19-17-18-15(11-21-17)14-9-8-12-6-3-4-7-13(12)10-14/h3-4,6-11H,2,5H2,1H3,(H,18,19,20). The molecule has 0 aliphatic heterocycles. The Kier molecular flexibility index (Phi) is 3.97. The highest BCUT2D eigenvalue weighted by atomic mass is 32.1. The highest BCUT2D eigenvalue weighted by Gasteiger charge is 2.07. The van der Waals surface area contributed by atoms with Crippen molar-refractivity contribution in [2.24, 2.45) is 0 Å². The summed E-state index contributed by atoms with van der Waals surface area (Å²) in [6.45, 7) is 1.99. The zero-order valence-corrected chi connectivity index (χ0v) is 12.6. The summed E-state index contributed by atoms with van der Waals surface area (Å²) in [6, 6.07) is 14.5. The molecule has 3 nitrogen and oxygen atoms in total. The van der Waals surface area contributed by atoms with Crippen molar-refractivity contribution in [2.75, 3.05) is 5.32 Å². The van der Waals surface area contributed by atoms with Gasteiger partial charge in [-0.3, -0.25) is 4.79 Å². The van der Waals surface area contributed by atoms with E-state index in [1.807, 2.05) is 24.4 Å². The quantitative estimate of drug-likeness (QED) is 0.758. The molecule has 0 bridgehead atoms. The topological polar surface area (TPSA) is 42.0 Å². The summed E-state index contributed by atoms with van der Waals surface area (Å²) in [7, 11) is 0. The summed E-state index contributed by atoms with van der Waals surface area (Å²) in [5, 5.41) is 7.89. The van der Waals surface area contributed by atoms with Crippen LogP contribution in [-0.2, 0) is 4.79 Å². The molecule has 0 saturated heterocycles. The fourth-order valence-electron chi connectivity index (χ4n) is 2.22. The number of amides is 1. The maximum atomic E-state index is 11.6. The van der Waals surface area contributed by atoms with Crippen LogP contribution in [-0.4, -0.2) is 10.9 Å². The molecule has 0 spiro atoms. The number of fused-ring (bicyclic) bond motifs is 1. The minimum Gasteiger partial charge on any atom is -0.302 e. The van der Waals surface area contributed by atoms with Gasteiger partial charge in [0.2, 0.25) is 5.91 Å². The number of nitrogens with zero attached hydrogens (tertiary/aromatic N) is 1. The van der Waals surface area contributed by atoms with Gasteiger partial charge in [-0.2, -0.15) is 0 Å². The van der Waals surface area contributed by atoms with Gasteiger partial charge in [-0.15, -0.1) is 11.3 Å². The number of hydrogen-bond acceptors (Lipinski definition) is 3. The van der Waals surface area contributed by atoms with Crippen LogP contribution in [0.25, 0.3) is 22.0 Å². The second-order valence-electron chi connectivity index (χ2n) is 4.90. The summed E-state index contributed by atoms with van der Waals surface area (Å²) < 4.78 is 0. The molecule has 106 valence electrons. The number of carbonyl (C=O) groups is 1. The van der Waals surface area contributed by atoms with E-state index < -0.39 is 0 Å². The molecule has 0 unspecified atom stereocenters. The monoisotopic (exact) mass is 296 g/mol. The number of nitrogens with one attached hydrogen (secondary N) is 1. The SMILES string of the molecule is CCCC(=O)Nc1nc(-c2ccc3ccccc3c2)cs1. The molecule has 1 heterocycles. The molecule has 1 N–H and O–H groups in total. The third-order valence-corrected chi connectivity index (χ3v) is 4.03. The van der Waals surface area contributed by atoms with Crippen molar-refractivity contribution >= 4 is 33.1 Å². The smallest absolute Gasteiger partial charge is 0.226 e. The van der Waals surface area contributed by atoms with E-state index in [0.29, 0.717) is 11.6 Å². The minimum absolute atomic E-state index is 0.0249. The van der Waals surface area contributed by atoms with E-state index in [0.717, 1.165) is 17.7 Å². The van der Waals surface area contributed by atoms with Crippen molar-refractivity contribution in [3.8, 4) is 11.3 Å². The average Bonchev–Trinajstić information content (AvgIpc) is 2.95. The first kappa shape index (κ1) is 13.8. The Morgan fingerprint density at radius 1 is 1.19 bits per heavy atom. The van der Waals surface area contributed by atoms with Gasteiger partial charge < -0.3 is 5.32 Å². The van der Waals surface area contributed by atoms with Crippen molar-refractivity contribution < 1.29 is 4.79 Å². The molecule has 0 aliphatic rings. The average molecular weight is 296 g/mol. The van der Waals surface area contributed by atoms with Gasteiger partial charge in [-0.25, -0.2) is 4.98 Å². The van der Waals surface area contributed by atoms with Crippen LogP contribution in [0.15, 0.2) is 47.8 Å². The van der Waals surface area contributed by atoms with Crippen LogP contribution in [0, 0.1) is 0 Å². The highest BCUT2D eigenvalue weighted by Crippen LogP contribution is 2.27. The van der Waals surface area contributed by atoms with Crippen molar-refractivity contribution in [2.45, 2.75) is 19.8 Å². The van der Waals surface area contributed by atoms with E-state index in [9.17, 15) is 4.79 Å². The number of thiazole rings is 1. The molecular formula is C17H16N2OS. The number of carbonyl (C=O) groups excluding carboxylic acids is 1. The molecule has 3 rings (SSSR count). The number of anilines is 1. The van der Waals surface area contributed by atoms with E-state index in [1.165, 1.54) is 22.1 Å². The number of rotatable bonds is 4. The van der Waals surface area contributed by atoms with Crippen LogP contribution in [0.2, 0.25) is 0 Å². The van der Waals surface area contributed by atoms with Crippen molar-refractivity contribution in [1.29, 1.82) is 0 Å². The fourth-order valence-corrected chi connectivity index (χ4v) is 2.96. The zero-order valence-electron chi connectivity index (χ0n) is 11.8. The summed E-state index contributed by atoms with van der Waals surface area (Å²) in [4.78, 5) is 16.1. The first-order chi connectivity index (χ1) is 10.3. The molecule has 0 fully saturated rings. The molecule has 1 aromatic heterocycles. The summed E-state index contributed by atoms with van der Waals surface area (Å²) in [5.41, 5.74) is 1.97. The van der Waals surface area contributed by atoms with Crippen LogP contribution in [0.4, 0.5) is 5.13 Å². The molecular weight excluding hydrogens is 280 g/mol. The molecule has 0 atom stereocenters. The van der Waals surface area contributed by atoms with Gasteiger partial charge in [0, 0.05) is 17.4 Å². The van der Waals surface area contributed by atoms with Gasteiger partial charge in [0.25, 0.3) is 0 Å².